The Morgan fingerprint density at radius 3 is 2.66 bits per heavy atom. The Kier molecular flexibility index (Phi) is 5.02. The number of hydrogen-bond donors (Lipinski definition) is 0. The second kappa shape index (κ2) is 7.81. The highest BCUT2D eigenvalue weighted by molar-refractivity contribution is 5.80. The van der Waals surface area contributed by atoms with Crippen LogP contribution >= 0.6 is 0 Å². The van der Waals surface area contributed by atoms with Gasteiger partial charge in [0, 0.05) is 25.4 Å². The van der Waals surface area contributed by atoms with Crippen LogP contribution in [0.15, 0.2) is 28.7 Å². The van der Waals surface area contributed by atoms with Gasteiger partial charge in [0.15, 0.2) is 18.1 Å². The zero-order chi connectivity index (χ0) is 19.8. The summed E-state index contributed by atoms with van der Waals surface area (Å²) < 4.78 is 11.2. The van der Waals surface area contributed by atoms with E-state index in [0.29, 0.717) is 31.3 Å². The van der Waals surface area contributed by atoms with Gasteiger partial charge in [0.05, 0.1) is 0 Å². The third-order valence-electron chi connectivity index (χ3n) is 7.18. The number of oxazole rings is 1. The van der Waals surface area contributed by atoms with Crippen molar-refractivity contribution in [3.63, 3.8) is 0 Å². The van der Waals surface area contributed by atoms with Gasteiger partial charge in [-0.15, -0.1) is 0 Å². The largest absolute Gasteiger partial charge is 0.456 e. The van der Waals surface area contributed by atoms with Gasteiger partial charge in [0.1, 0.15) is 5.52 Å². The topological polar surface area (TPSA) is 72.6 Å². The smallest absolute Gasteiger partial charge is 0.306 e. The molecule has 0 radical (unpaired) electrons. The lowest BCUT2D eigenvalue weighted by atomic mass is 9.86. The first-order valence-electron chi connectivity index (χ1n) is 10.9. The van der Waals surface area contributed by atoms with Crippen molar-refractivity contribution in [3.05, 3.63) is 30.2 Å². The number of rotatable bonds is 5. The van der Waals surface area contributed by atoms with Crippen LogP contribution in [-0.2, 0) is 14.3 Å². The van der Waals surface area contributed by atoms with E-state index >= 15 is 0 Å². The van der Waals surface area contributed by atoms with Crippen LogP contribution in [0.2, 0.25) is 0 Å². The minimum Gasteiger partial charge on any atom is -0.456 e. The van der Waals surface area contributed by atoms with Gasteiger partial charge < -0.3 is 14.1 Å². The Balaban J connectivity index is 1.07. The molecule has 0 N–H and O–H groups in total. The molecule has 2 aliphatic carbocycles. The van der Waals surface area contributed by atoms with E-state index < -0.39 is 0 Å². The quantitative estimate of drug-likeness (QED) is 0.717. The van der Waals surface area contributed by atoms with Crippen LogP contribution in [0.25, 0.3) is 11.1 Å². The Hall–Kier alpha value is -2.37. The summed E-state index contributed by atoms with van der Waals surface area (Å²) in [6.45, 7) is 1.16. The van der Waals surface area contributed by atoms with E-state index in [1.54, 1.807) is 4.90 Å². The standard InChI is InChI=1S/C23H28N2O4/c26-21(14-28-22(27)13-18-12-15-5-6-17(18)11-15)25-9-7-16(8-10-25)23-24-19-3-1-2-4-20(19)29-23/h1-4,15-18H,5-14H2/t15-,17-,18+/m1/s1. The molecule has 1 amide bonds. The van der Waals surface area contributed by atoms with E-state index in [0.717, 1.165) is 42.2 Å². The minimum atomic E-state index is -0.211. The summed E-state index contributed by atoms with van der Waals surface area (Å²) in [7, 11) is 0. The maximum absolute atomic E-state index is 12.5. The summed E-state index contributed by atoms with van der Waals surface area (Å²) in [6, 6.07) is 7.77. The number of fused-ring (bicyclic) bond motifs is 3. The molecular weight excluding hydrogens is 368 g/mol. The molecule has 2 saturated carbocycles. The molecule has 0 spiro atoms. The molecule has 1 aliphatic heterocycles. The first kappa shape index (κ1) is 18.6. The van der Waals surface area contributed by atoms with Crippen molar-refractivity contribution in [2.75, 3.05) is 19.7 Å². The number of nitrogens with zero attached hydrogens (tertiary/aromatic N) is 2. The van der Waals surface area contributed by atoms with Crippen molar-refractivity contribution in [2.24, 2.45) is 17.8 Å². The molecule has 3 atom stereocenters. The van der Waals surface area contributed by atoms with Crippen LogP contribution in [0.3, 0.4) is 0 Å². The molecule has 6 heteroatoms. The number of para-hydroxylation sites is 2. The Labute approximate surface area is 170 Å². The Bertz CT molecular complexity index is 866. The van der Waals surface area contributed by atoms with Crippen LogP contribution in [0.5, 0.6) is 0 Å². The normalized spacial score (nSPS) is 26.9. The van der Waals surface area contributed by atoms with Crippen molar-refractivity contribution >= 4 is 23.0 Å². The minimum absolute atomic E-state index is 0.0951. The highest BCUT2D eigenvalue weighted by Gasteiger charge is 2.40. The third-order valence-corrected chi connectivity index (χ3v) is 7.18. The summed E-state index contributed by atoms with van der Waals surface area (Å²) in [6.07, 6.45) is 7.15. The maximum Gasteiger partial charge on any atom is 0.306 e. The predicted octanol–water partition coefficient (Wildman–Crippen LogP) is 3.90. The maximum atomic E-state index is 12.5. The molecule has 1 aromatic heterocycles. The van der Waals surface area contributed by atoms with Crippen molar-refractivity contribution in [3.8, 4) is 0 Å². The molecule has 154 valence electrons. The number of aromatic nitrogens is 1. The van der Waals surface area contributed by atoms with E-state index in [9.17, 15) is 9.59 Å². The second-order valence-electron chi connectivity index (χ2n) is 8.97. The summed E-state index contributed by atoms with van der Waals surface area (Å²) in [4.78, 5) is 31.0. The Morgan fingerprint density at radius 2 is 1.93 bits per heavy atom. The van der Waals surface area contributed by atoms with E-state index in [2.05, 4.69) is 4.98 Å². The summed E-state index contributed by atoms with van der Waals surface area (Å²) in [5, 5.41) is 0. The lowest BCUT2D eigenvalue weighted by Gasteiger charge is -2.30. The van der Waals surface area contributed by atoms with Gasteiger partial charge in [-0.25, -0.2) is 4.98 Å². The highest BCUT2D eigenvalue weighted by atomic mass is 16.5. The molecule has 2 bridgehead atoms. The van der Waals surface area contributed by atoms with Gasteiger partial charge in [-0.1, -0.05) is 18.6 Å². The van der Waals surface area contributed by atoms with Crippen molar-refractivity contribution in [2.45, 2.75) is 50.9 Å². The fourth-order valence-electron chi connectivity index (χ4n) is 5.57. The predicted molar refractivity (Wildman–Crippen MR) is 107 cm³/mol. The molecule has 3 fully saturated rings. The van der Waals surface area contributed by atoms with Gasteiger partial charge in [-0.05, 0) is 62.0 Å². The third kappa shape index (κ3) is 3.89. The van der Waals surface area contributed by atoms with Gasteiger partial charge in [-0.3, -0.25) is 9.59 Å². The van der Waals surface area contributed by atoms with Gasteiger partial charge >= 0.3 is 5.97 Å². The first-order valence-corrected chi connectivity index (χ1v) is 10.9. The zero-order valence-electron chi connectivity index (χ0n) is 16.7. The van der Waals surface area contributed by atoms with Crippen LogP contribution in [-0.4, -0.2) is 41.5 Å². The van der Waals surface area contributed by atoms with E-state index in [1.165, 1.54) is 19.3 Å². The molecule has 1 saturated heterocycles. The summed E-state index contributed by atoms with van der Waals surface area (Å²) in [5.41, 5.74) is 1.69. The first-order chi connectivity index (χ1) is 14.2. The number of carbonyl (C=O) groups excluding carboxylic acids is 2. The van der Waals surface area contributed by atoms with Gasteiger partial charge in [0.2, 0.25) is 0 Å². The summed E-state index contributed by atoms with van der Waals surface area (Å²) >= 11 is 0. The lowest BCUT2D eigenvalue weighted by molar-refractivity contribution is -0.153. The molecule has 3 aliphatic rings. The fraction of sp³-hybridized carbons (Fsp3) is 0.609. The monoisotopic (exact) mass is 396 g/mol. The fourth-order valence-corrected chi connectivity index (χ4v) is 5.57. The van der Waals surface area contributed by atoms with E-state index in [4.69, 9.17) is 9.15 Å². The number of esters is 1. The molecule has 29 heavy (non-hydrogen) atoms. The van der Waals surface area contributed by atoms with Crippen LogP contribution < -0.4 is 0 Å². The molecular formula is C23H28N2O4. The summed E-state index contributed by atoms with van der Waals surface area (Å²) in [5.74, 6) is 2.68. The number of ether oxygens (including phenoxy) is 1. The van der Waals surface area contributed by atoms with Gasteiger partial charge in [0.25, 0.3) is 5.91 Å². The average Bonchev–Trinajstić information content (AvgIpc) is 3.47. The van der Waals surface area contributed by atoms with Crippen LogP contribution in [0, 0.1) is 17.8 Å². The number of carbonyl (C=O) groups is 2. The number of benzene rings is 1. The second-order valence-corrected chi connectivity index (χ2v) is 8.97. The molecule has 0 unspecified atom stereocenters. The Morgan fingerprint density at radius 1 is 1.10 bits per heavy atom. The van der Waals surface area contributed by atoms with Crippen molar-refractivity contribution < 1.29 is 18.7 Å². The lowest BCUT2D eigenvalue weighted by Crippen LogP contribution is -2.40. The van der Waals surface area contributed by atoms with Crippen molar-refractivity contribution in [1.29, 1.82) is 0 Å². The molecule has 1 aromatic carbocycles. The van der Waals surface area contributed by atoms with Crippen molar-refractivity contribution in [1.82, 2.24) is 9.88 Å². The van der Waals surface area contributed by atoms with Crippen LogP contribution in [0.1, 0.15) is 56.8 Å². The number of piperidine rings is 1. The highest BCUT2D eigenvalue weighted by Crippen LogP contribution is 2.49. The zero-order valence-corrected chi connectivity index (χ0v) is 16.7. The molecule has 5 rings (SSSR count). The average molecular weight is 396 g/mol. The molecule has 2 heterocycles. The van der Waals surface area contributed by atoms with E-state index in [-0.39, 0.29) is 24.4 Å². The molecule has 6 nitrogen and oxygen atoms in total. The number of likely N-dealkylation sites (tertiary alicyclic amines) is 1. The number of amides is 1. The van der Waals surface area contributed by atoms with Crippen LogP contribution in [0.4, 0.5) is 0 Å². The van der Waals surface area contributed by atoms with Gasteiger partial charge in [-0.2, -0.15) is 0 Å². The SMILES string of the molecule is O=C(C[C@@H]1C[C@@H]2CC[C@@H]1C2)OCC(=O)N1CCC(c2nc3ccccc3o2)CC1. The van der Waals surface area contributed by atoms with E-state index in [1.807, 2.05) is 24.3 Å². The molecule has 2 aromatic rings. The number of hydrogen-bond acceptors (Lipinski definition) is 5.